The van der Waals surface area contributed by atoms with Crippen LogP contribution in [0.3, 0.4) is 0 Å². The van der Waals surface area contributed by atoms with Gasteiger partial charge in [-0.1, -0.05) is 0 Å². The molecule has 0 heterocycles. The van der Waals surface area contributed by atoms with Crippen LogP contribution in [0.4, 0.5) is 0 Å². The van der Waals surface area contributed by atoms with Gasteiger partial charge in [-0.2, -0.15) is 5.10 Å². The average Bonchev–Trinajstić information content (AvgIpc) is 2.13. The van der Waals surface area contributed by atoms with Crippen LogP contribution in [-0.4, -0.2) is 38.5 Å². The van der Waals surface area contributed by atoms with Crippen molar-refractivity contribution in [3.63, 3.8) is 0 Å². The zero-order valence-electron chi connectivity index (χ0n) is 9.71. The molecule has 0 unspecified atom stereocenters. The lowest BCUT2D eigenvalue weighted by atomic mass is 10.7. The van der Waals surface area contributed by atoms with Gasteiger partial charge in [0.2, 0.25) is 0 Å². The van der Waals surface area contributed by atoms with Gasteiger partial charge in [-0.3, -0.25) is 4.57 Å². The third-order valence-electron chi connectivity index (χ3n) is 1.27. The summed E-state index contributed by atoms with van der Waals surface area (Å²) in [6, 6.07) is 0. The summed E-state index contributed by atoms with van der Waals surface area (Å²) in [4.78, 5) is 0. The first-order valence-corrected chi connectivity index (χ1v) is 6.43. The lowest BCUT2D eigenvalue weighted by Crippen LogP contribution is -2.00. The van der Waals surface area contributed by atoms with Crippen molar-refractivity contribution >= 4 is 13.8 Å². The number of hydrogen-bond donors (Lipinski definition) is 0. The van der Waals surface area contributed by atoms with Gasteiger partial charge in [-0.15, -0.1) is 0 Å². The van der Waals surface area contributed by atoms with Crippen molar-refractivity contribution < 1.29 is 13.6 Å². The Morgan fingerprint density at radius 2 is 1.80 bits per heavy atom. The predicted octanol–water partition coefficient (Wildman–Crippen LogP) is 2.31. The van der Waals surface area contributed by atoms with Crippen molar-refractivity contribution in [3.8, 4) is 0 Å². The maximum absolute atomic E-state index is 11.9. The zero-order valence-corrected chi connectivity index (χ0v) is 10.6. The molecular formula is C9H19N2O3P. The van der Waals surface area contributed by atoms with Gasteiger partial charge in [0.05, 0.1) is 13.2 Å². The molecule has 6 heteroatoms. The minimum Gasteiger partial charge on any atom is -0.306 e. The minimum absolute atomic E-state index is 0.354. The fourth-order valence-corrected chi connectivity index (χ4v) is 2.05. The van der Waals surface area contributed by atoms with E-state index in [1.54, 1.807) is 39.0 Å². The number of nitrogens with zero attached hydrogens (tertiary/aromatic N) is 2. The van der Waals surface area contributed by atoms with E-state index in [1.807, 2.05) is 0 Å². The second-order valence-corrected chi connectivity index (χ2v) is 4.72. The number of hydrogen-bond acceptors (Lipinski definition) is 5. The molecule has 5 nitrogen and oxygen atoms in total. The standard InChI is InChI=1S/C9H19N2O3P/c1-5-13-15(12,14-6-2)9-7-8-10-11(3)4/h7-9H,5-6H2,1-4H3/b9-7+,10-8+. The Balaban J connectivity index is 4.34. The van der Waals surface area contributed by atoms with Crippen LogP contribution >= 0.6 is 7.60 Å². The molecule has 0 aromatic heterocycles. The molecule has 0 fully saturated rings. The summed E-state index contributed by atoms with van der Waals surface area (Å²) in [5.74, 6) is 1.41. The Kier molecular flexibility index (Phi) is 7.30. The lowest BCUT2D eigenvalue weighted by Gasteiger charge is -2.11. The van der Waals surface area contributed by atoms with E-state index in [4.69, 9.17) is 9.05 Å². The van der Waals surface area contributed by atoms with Gasteiger partial charge < -0.3 is 14.1 Å². The highest BCUT2D eigenvalue weighted by atomic mass is 31.2. The van der Waals surface area contributed by atoms with Crippen LogP contribution in [0.15, 0.2) is 17.0 Å². The molecule has 88 valence electrons. The van der Waals surface area contributed by atoms with Crippen LogP contribution in [0.5, 0.6) is 0 Å². The molecule has 0 saturated carbocycles. The van der Waals surface area contributed by atoms with Crippen LogP contribution in [-0.2, 0) is 13.6 Å². The van der Waals surface area contributed by atoms with E-state index in [-0.39, 0.29) is 0 Å². The Hall–Kier alpha value is -0.640. The molecule has 0 saturated heterocycles. The van der Waals surface area contributed by atoms with Crippen LogP contribution in [0.1, 0.15) is 13.8 Å². The van der Waals surface area contributed by atoms with Crippen molar-refractivity contribution in [2.45, 2.75) is 13.8 Å². The summed E-state index contributed by atoms with van der Waals surface area (Å²) in [5.41, 5.74) is 0. The summed E-state index contributed by atoms with van der Waals surface area (Å²) in [7, 11) is 0.532. The fourth-order valence-electron chi connectivity index (χ4n) is 0.799. The Labute approximate surface area is 91.3 Å². The first-order valence-electron chi connectivity index (χ1n) is 4.82. The zero-order chi connectivity index (χ0) is 11.7. The van der Waals surface area contributed by atoms with Gasteiger partial charge in [-0.05, 0) is 19.9 Å². The molecule has 0 aromatic rings. The van der Waals surface area contributed by atoms with E-state index in [1.165, 1.54) is 12.0 Å². The summed E-state index contributed by atoms with van der Waals surface area (Å²) < 4.78 is 21.9. The molecule has 0 atom stereocenters. The molecule has 0 N–H and O–H groups in total. The van der Waals surface area contributed by atoms with Crippen molar-refractivity contribution in [3.05, 3.63) is 11.9 Å². The number of allylic oxidation sites excluding steroid dienone is 1. The van der Waals surface area contributed by atoms with Gasteiger partial charge in [0.15, 0.2) is 0 Å². The van der Waals surface area contributed by atoms with Gasteiger partial charge in [0, 0.05) is 26.1 Å². The summed E-state index contributed by atoms with van der Waals surface area (Å²) in [5, 5.41) is 5.57. The summed E-state index contributed by atoms with van der Waals surface area (Å²) in [6.07, 6.45) is 3.09. The van der Waals surface area contributed by atoms with Crippen molar-refractivity contribution in [1.82, 2.24) is 5.01 Å². The third-order valence-corrected chi connectivity index (χ3v) is 3.04. The average molecular weight is 234 g/mol. The summed E-state index contributed by atoms with van der Waals surface area (Å²) >= 11 is 0. The quantitative estimate of drug-likeness (QED) is 0.385. The molecule has 0 radical (unpaired) electrons. The topological polar surface area (TPSA) is 51.1 Å². The van der Waals surface area contributed by atoms with Gasteiger partial charge >= 0.3 is 7.60 Å². The van der Waals surface area contributed by atoms with Crippen LogP contribution in [0.2, 0.25) is 0 Å². The van der Waals surface area contributed by atoms with E-state index in [2.05, 4.69) is 5.10 Å². The van der Waals surface area contributed by atoms with E-state index < -0.39 is 7.60 Å². The molecule has 0 aliphatic carbocycles. The van der Waals surface area contributed by atoms with Gasteiger partial charge in [-0.25, -0.2) is 0 Å². The summed E-state index contributed by atoms with van der Waals surface area (Å²) in [6.45, 7) is 4.25. The van der Waals surface area contributed by atoms with Gasteiger partial charge in [0.25, 0.3) is 0 Å². The highest BCUT2D eigenvalue weighted by Gasteiger charge is 2.18. The highest BCUT2D eigenvalue weighted by Crippen LogP contribution is 2.49. The lowest BCUT2D eigenvalue weighted by molar-refractivity contribution is 0.229. The molecule has 0 bridgehead atoms. The van der Waals surface area contributed by atoms with Crippen molar-refractivity contribution in [2.24, 2.45) is 5.10 Å². The maximum Gasteiger partial charge on any atom is 0.354 e. The predicted molar refractivity (Wildman–Crippen MR) is 62.2 cm³/mol. The first kappa shape index (κ1) is 14.4. The largest absolute Gasteiger partial charge is 0.354 e. The molecule has 0 aliphatic rings. The second kappa shape index (κ2) is 7.63. The smallest absolute Gasteiger partial charge is 0.306 e. The first-order chi connectivity index (χ1) is 7.04. The molecule has 0 aromatic carbocycles. The maximum atomic E-state index is 11.9. The third kappa shape index (κ3) is 7.31. The second-order valence-electron chi connectivity index (χ2n) is 2.83. The van der Waals surface area contributed by atoms with Crippen LogP contribution < -0.4 is 0 Å². The van der Waals surface area contributed by atoms with Crippen molar-refractivity contribution in [1.29, 1.82) is 0 Å². The SMILES string of the molecule is CCOP(=O)(/C=C/C=N/N(C)C)OCC. The molecule has 0 rings (SSSR count). The Morgan fingerprint density at radius 3 is 2.20 bits per heavy atom. The Bertz CT molecular complexity index is 254. The highest BCUT2D eigenvalue weighted by molar-refractivity contribution is 7.57. The van der Waals surface area contributed by atoms with E-state index in [9.17, 15) is 4.57 Å². The fraction of sp³-hybridized carbons (Fsp3) is 0.667. The van der Waals surface area contributed by atoms with E-state index in [0.29, 0.717) is 13.2 Å². The van der Waals surface area contributed by atoms with E-state index in [0.717, 1.165) is 0 Å². The minimum atomic E-state index is -3.07. The van der Waals surface area contributed by atoms with Crippen molar-refractivity contribution in [2.75, 3.05) is 27.3 Å². The normalized spacial score (nSPS) is 12.8. The molecule has 0 spiro atoms. The monoisotopic (exact) mass is 234 g/mol. The molecular weight excluding hydrogens is 215 g/mol. The molecule has 15 heavy (non-hydrogen) atoms. The van der Waals surface area contributed by atoms with Crippen LogP contribution in [0, 0.1) is 0 Å². The number of hydrazone groups is 1. The molecule has 0 amide bonds. The van der Waals surface area contributed by atoms with E-state index >= 15 is 0 Å². The van der Waals surface area contributed by atoms with Crippen LogP contribution in [0.25, 0.3) is 0 Å². The molecule has 0 aliphatic heterocycles. The Morgan fingerprint density at radius 1 is 1.27 bits per heavy atom. The van der Waals surface area contributed by atoms with Gasteiger partial charge in [0.1, 0.15) is 0 Å². The number of rotatable bonds is 7.